The Morgan fingerprint density at radius 3 is 3.00 bits per heavy atom. The van der Waals surface area contributed by atoms with Gasteiger partial charge < -0.3 is 9.47 Å². The molecular formula is C18H26N4O. The second-order valence-corrected chi connectivity index (χ2v) is 6.91. The fourth-order valence-electron chi connectivity index (χ4n) is 3.46. The number of aromatic nitrogens is 3. The summed E-state index contributed by atoms with van der Waals surface area (Å²) in [5.41, 5.74) is 1.94. The zero-order chi connectivity index (χ0) is 16.4. The van der Waals surface area contributed by atoms with Crippen LogP contribution >= 0.6 is 0 Å². The van der Waals surface area contributed by atoms with Gasteiger partial charge in [0.25, 0.3) is 0 Å². The number of pyridine rings is 1. The quantitative estimate of drug-likeness (QED) is 0.852. The van der Waals surface area contributed by atoms with Gasteiger partial charge in [0.05, 0.1) is 0 Å². The number of amides is 1. The summed E-state index contributed by atoms with van der Waals surface area (Å²) in [5.74, 6) is 2.34. The summed E-state index contributed by atoms with van der Waals surface area (Å²) in [4.78, 5) is 23.5. The van der Waals surface area contributed by atoms with E-state index in [4.69, 9.17) is 4.98 Å². The fraction of sp³-hybridized carbons (Fsp3) is 0.611. The van der Waals surface area contributed by atoms with Crippen molar-refractivity contribution >= 4 is 17.1 Å². The van der Waals surface area contributed by atoms with E-state index in [0.717, 1.165) is 49.5 Å². The Morgan fingerprint density at radius 2 is 2.26 bits per heavy atom. The molecule has 0 unspecified atom stereocenters. The second-order valence-electron chi connectivity index (χ2n) is 6.91. The van der Waals surface area contributed by atoms with Gasteiger partial charge >= 0.3 is 0 Å². The summed E-state index contributed by atoms with van der Waals surface area (Å²) >= 11 is 0. The Bertz CT molecular complexity index is 691. The van der Waals surface area contributed by atoms with E-state index in [9.17, 15) is 4.79 Å². The van der Waals surface area contributed by atoms with E-state index < -0.39 is 0 Å². The van der Waals surface area contributed by atoms with Crippen molar-refractivity contribution < 1.29 is 4.79 Å². The largest absolute Gasteiger partial charge is 0.342 e. The highest BCUT2D eigenvalue weighted by atomic mass is 16.2. The first-order valence-electron chi connectivity index (χ1n) is 8.66. The number of hydrogen-bond acceptors (Lipinski definition) is 3. The fourth-order valence-corrected chi connectivity index (χ4v) is 3.46. The highest BCUT2D eigenvalue weighted by molar-refractivity contribution is 5.76. The molecule has 2 aromatic heterocycles. The first kappa shape index (κ1) is 16.0. The Hall–Kier alpha value is -1.91. The minimum atomic E-state index is 0.299. The lowest BCUT2D eigenvalue weighted by Crippen LogP contribution is -2.29. The maximum absolute atomic E-state index is 12.2. The van der Waals surface area contributed by atoms with Crippen molar-refractivity contribution in [3.05, 3.63) is 24.2 Å². The number of fused-ring (bicyclic) bond motifs is 1. The molecule has 3 rings (SSSR count). The van der Waals surface area contributed by atoms with Crippen molar-refractivity contribution in [2.75, 3.05) is 13.1 Å². The van der Waals surface area contributed by atoms with Crippen LogP contribution in [0.2, 0.25) is 0 Å². The van der Waals surface area contributed by atoms with Crippen molar-refractivity contribution in [2.24, 2.45) is 11.8 Å². The van der Waals surface area contributed by atoms with Crippen molar-refractivity contribution in [3.63, 3.8) is 0 Å². The lowest BCUT2D eigenvalue weighted by molar-refractivity contribution is -0.131. The van der Waals surface area contributed by atoms with Crippen LogP contribution in [0.5, 0.6) is 0 Å². The van der Waals surface area contributed by atoms with Gasteiger partial charge in [-0.2, -0.15) is 0 Å². The number of likely N-dealkylation sites (tertiary alicyclic amines) is 1. The Kier molecular flexibility index (Phi) is 4.64. The van der Waals surface area contributed by atoms with Gasteiger partial charge in [0.2, 0.25) is 5.91 Å². The van der Waals surface area contributed by atoms with Gasteiger partial charge in [-0.25, -0.2) is 9.97 Å². The molecule has 1 aliphatic heterocycles. The van der Waals surface area contributed by atoms with Crippen molar-refractivity contribution in [3.8, 4) is 0 Å². The topological polar surface area (TPSA) is 51.0 Å². The molecule has 0 aromatic carbocycles. The number of nitrogens with zero attached hydrogens (tertiary/aromatic N) is 4. The molecule has 1 saturated heterocycles. The summed E-state index contributed by atoms with van der Waals surface area (Å²) in [5, 5.41) is 0. The molecule has 5 heteroatoms. The van der Waals surface area contributed by atoms with Gasteiger partial charge in [-0.05, 0) is 37.3 Å². The molecule has 5 nitrogen and oxygen atoms in total. The Balaban J connectivity index is 1.70. The third-order valence-corrected chi connectivity index (χ3v) is 4.59. The van der Waals surface area contributed by atoms with Gasteiger partial charge in [0.1, 0.15) is 11.3 Å². The first-order chi connectivity index (χ1) is 11.1. The third kappa shape index (κ3) is 3.38. The Morgan fingerprint density at radius 1 is 1.43 bits per heavy atom. The van der Waals surface area contributed by atoms with Crippen LogP contribution in [0.3, 0.4) is 0 Å². The molecule has 0 radical (unpaired) electrons. The smallest absolute Gasteiger partial charge is 0.222 e. The van der Waals surface area contributed by atoms with Crippen LogP contribution in [-0.2, 0) is 17.8 Å². The lowest BCUT2D eigenvalue weighted by atomic mass is 10.0. The third-order valence-electron chi connectivity index (χ3n) is 4.59. The van der Waals surface area contributed by atoms with Crippen LogP contribution in [0.25, 0.3) is 11.2 Å². The standard InChI is InChI=1S/C18H26N4O/c1-4-22-16(20-15-6-5-8-19-18(15)22)11-14-7-9-21(12-14)17(23)10-13(2)3/h5-6,8,13-14H,4,7,9-12H2,1-3H3/t14-/m1/s1. The molecule has 1 aliphatic rings. The molecule has 2 aromatic rings. The molecule has 0 saturated carbocycles. The number of carbonyl (C=O) groups excluding carboxylic acids is 1. The van der Waals surface area contributed by atoms with Crippen molar-refractivity contribution in [1.29, 1.82) is 0 Å². The zero-order valence-electron chi connectivity index (χ0n) is 14.3. The minimum Gasteiger partial charge on any atom is -0.342 e. The number of imidazole rings is 1. The lowest BCUT2D eigenvalue weighted by Gasteiger charge is -2.17. The van der Waals surface area contributed by atoms with Gasteiger partial charge in [-0.3, -0.25) is 4.79 Å². The van der Waals surface area contributed by atoms with Crippen molar-refractivity contribution in [1.82, 2.24) is 19.4 Å². The normalized spacial score (nSPS) is 18.3. The average molecular weight is 314 g/mol. The van der Waals surface area contributed by atoms with E-state index in [1.54, 1.807) is 0 Å². The predicted molar refractivity (Wildman–Crippen MR) is 91.0 cm³/mol. The molecule has 23 heavy (non-hydrogen) atoms. The summed E-state index contributed by atoms with van der Waals surface area (Å²) in [6.07, 6.45) is 4.48. The summed E-state index contributed by atoms with van der Waals surface area (Å²) < 4.78 is 2.20. The average Bonchev–Trinajstić information content (AvgIpc) is 3.10. The molecule has 0 aliphatic carbocycles. The molecule has 1 fully saturated rings. The van der Waals surface area contributed by atoms with Gasteiger partial charge in [-0.15, -0.1) is 0 Å². The number of rotatable bonds is 5. The predicted octanol–water partition coefficient (Wildman–Crippen LogP) is 2.89. The van der Waals surface area contributed by atoms with E-state index in [0.29, 0.717) is 24.2 Å². The van der Waals surface area contributed by atoms with Crippen LogP contribution in [0, 0.1) is 11.8 Å². The van der Waals surface area contributed by atoms with Crippen LogP contribution < -0.4 is 0 Å². The molecule has 124 valence electrons. The molecule has 0 spiro atoms. The van der Waals surface area contributed by atoms with Crippen LogP contribution in [0.1, 0.15) is 39.4 Å². The van der Waals surface area contributed by atoms with Crippen LogP contribution in [-0.4, -0.2) is 38.4 Å². The van der Waals surface area contributed by atoms with E-state index >= 15 is 0 Å². The number of carbonyl (C=O) groups is 1. The second kappa shape index (κ2) is 6.69. The van der Waals surface area contributed by atoms with Gasteiger partial charge in [0, 0.05) is 38.7 Å². The summed E-state index contributed by atoms with van der Waals surface area (Å²) in [6.45, 7) is 8.97. The molecule has 0 N–H and O–H groups in total. The van der Waals surface area contributed by atoms with E-state index in [2.05, 4.69) is 30.3 Å². The molecular weight excluding hydrogens is 288 g/mol. The van der Waals surface area contributed by atoms with Crippen LogP contribution in [0.15, 0.2) is 18.3 Å². The SMILES string of the molecule is CCn1c(C[C@H]2CCN(C(=O)CC(C)C)C2)nc2cccnc21. The summed E-state index contributed by atoms with van der Waals surface area (Å²) in [6, 6.07) is 3.95. The van der Waals surface area contributed by atoms with Gasteiger partial charge in [0.15, 0.2) is 5.65 Å². The first-order valence-corrected chi connectivity index (χ1v) is 8.66. The Labute approximate surface area is 137 Å². The molecule has 3 heterocycles. The number of aryl methyl sites for hydroxylation is 1. The highest BCUT2D eigenvalue weighted by Crippen LogP contribution is 2.23. The van der Waals surface area contributed by atoms with E-state index in [1.807, 2.05) is 23.2 Å². The highest BCUT2D eigenvalue weighted by Gasteiger charge is 2.28. The summed E-state index contributed by atoms with van der Waals surface area (Å²) in [7, 11) is 0. The maximum Gasteiger partial charge on any atom is 0.222 e. The van der Waals surface area contributed by atoms with E-state index in [1.165, 1.54) is 0 Å². The molecule has 1 atom stereocenters. The maximum atomic E-state index is 12.2. The van der Waals surface area contributed by atoms with E-state index in [-0.39, 0.29) is 0 Å². The van der Waals surface area contributed by atoms with Crippen LogP contribution in [0.4, 0.5) is 0 Å². The zero-order valence-corrected chi connectivity index (χ0v) is 14.3. The minimum absolute atomic E-state index is 0.299. The van der Waals surface area contributed by atoms with Gasteiger partial charge in [-0.1, -0.05) is 13.8 Å². The molecule has 0 bridgehead atoms. The number of hydrogen-bond donors (Lipinski definition) is 0. The van der Waals surface area contributed by atoms with Crippen molar-refractivity contribution in [2.45, 2.75) is 46.6 Å². The monoisotopic (exact) mass is 314 g/mol. The molecule has 1 amide bonds.